The number of amides is 4. The summed E-state index contributed by atoms with van der Waals surface area (Å²) in [6, 6.07) is 5.23. The molecule has 1 heterocycles. The number of urea groups is 1. The molecule has 1 atom stereocenters. The Hall–Kier alpha value is -2.57. The number of benzene rings is 1. The van der Waals surface area contributed by atoms with Crippen molar-refractivity contribution in [3.8, 4) is 0 Å². The number of piperidine rings is 1. The molecule has 4 amide bonds. The topological polar surface area (TPSA) is 81.8 Å². The zero-order valence-corrected chi connectivity index (χ0v) is 16.7. The molecule has 1 aromatic carbocycles. The SMILES string of the molecule is CCN(CC)C(=O)N1CCC[C@@H](C(=O)Nc2cc(C(=O)NC)ccc2C)C1. The summed E-state index contributed by atoms with van der Waals surface area (Å²) in [6.45, 7) is 8.23. The van der Waals surface area contributed by atoms with E-state index in [2.05, 4.69) is 10.6 Å². The lowest BCUT2D eigenvalue weighted by molar-refractivity contribution is -0.121. The van der Waals surface area contributed by atoms with E-state index < -0.39 is 0 Å². The molecule has 0 spiro atoms. The summed E-state index contributed by atoms with van der Waals surface area (Å²) >= 11 is 0. The Kier molecular flexibility index (Phi) is 7.21. The van der Waals surface area contributed by atoms with Gasteiger partial charge in [0.15, 0.2) is 0 Å². The Morgan fingerprint density at radius 1 is 1.22 bits per heavy atom. The van der Waals surface area contributed by atoms with Crippen LogP contribution in [0.25, 0.3) is 0 Å². The molecule has 7 nitrogen and oxygen atoms in total. The fraction of sp³-hybridized carbons (Fsp3) is 0.550. The van der Waals surface area contributed by atoms with Gasteiger partial charge in [-0.3, -0.25) is 9.59 Å². The molecular formula is C20H30N4O3. The molecule has 1 saturated heterocycles. The van der Waals surface area contributed by atoms with Gasteiger partial charge in [-0.1, -0.05) is 6.07 Å². The Morgan fingerprint density at radius 3 is 2.56 bits per heavy atom. The third-order valence-corrected chi connectivity index (χ3v) is 5.08. The van der Waals surface area contributed by atoms with Gasteiger partial charge < -0.3 is 20.4 Å². The van der Waals surface area contributed by atoms with Gasteiger partial charge in [-0.05, 0) is 51.3 Å². The summed E-state index contributed by atoms with van der Waals surface area (Å²) in [5, 5.41) is 5.53. The van der Waals surface area contributed by atoms with Crippen LogP contribution in [0, 0.1) is 12.8 Å². The van der Waals surface area contributed by atoms with Crippen molar-refractivity contribution in [3.05, 3.63) is 29.3 Å². The van der Waals surface area contributed by atoms with E-state index in [1.165, 1.54) is 0 Å². The lowest BCUT2D eigenvalue weighted by Gasteiger charge is -2.35. The number of rotatable bonds is 5. The van der Waals surface area contributed by atoms with Crippen LogP contribution in [-0.4, -0.2) is 60.9 Å². The third-order valence-electron chi connectivity index (χ3n) is 5.08. The van der Waals surface area contributed by atoms with Crippen LogP contribution < -0.4 is 10.6 Å². The highest BCUT2D eigenvalue weighted by Gasteiger charge is 2.30. The molecule has 1 fully saturated rings. The maximum absolute atomic E-state index is 12.8. The normalized spacial score (nSPS) is 16.6. The predicted octanol–water partition coefficient (Wildman–Crippen LogP) is 2.47. The Labute approximate surface area is 161 Å². The van der Waals surface area contributed by atoms with E-state index in [1.54, 1.807) is 29.0 Å². The maximum Gasteiger partial charge on any atom is 0.320 e. The molecule has 148 valence electrons. The van der Waals surface area contributed by atoms with E-state index in [0.717, 1.165) is 18.4 Å². The van der Waals surface area contributed by atoms with Crippen molar-refractivity contribution in [1.29, 1.82) is 0 Å². The van der Waals surface area contributed by atoms with Crippen LogP contribution in [0.1, 0.15) is 42.6 Å². The van der Waals surface area contributed by atoms with Crippen LogP contribution >= 0.6 is 0 Å². The molecule has 0 saturated carbocycles. The number of carbonyl (C=O) groups is 3. The van der Waals surface area contributed by atoms with E-state index in [0.29, 0.717) is 37.4 Å². The van der Waals surface area contributed by atoms with E-state index in [-0.39, 0.29) is 23.8 Å². The molecule has 0 unspecified atom stereocenters. The molecule has 0 radical (unpaired) electrons. The van der Waals surface area contributed by atoms with Gasteiger partial charge in [0.1, 0.15) is 0 Å². The van der Waals surface area contributed by atoms with Crippen LogP contribution in [0.15, 0.2) is 18.2 Å². The summed E-state index contributed by atoms with van der Waals surface area (Å²) in [5.41, 5.74) is 2.02. The van der Waals surface area contributed by atoms with E-state index >= 15 is 0 Å². The second-order valence-corrected chi connectivity index (χ2v) is 6.84. The average Bonchev–Trinajstić information content (AvgIpc) is 2.69. The first-order valence-corrected chi connectivity index (χ1v) is 9.58. The van der Waals surface area contributed by atoms with Gasteiger partial charge in [-0.25, -0.2) is 4.79 Å². The number of hydrogen-bond donors (Lipinski definition) is 2. The highest BCUT2D eigenvalue weighted by Crippen LogP contribution is 2.22. The molecule has 7 heteroatoms. The minimum atomic E-state index is -0.249. The first-order chi connectivity index (χ1) is 12.9. The first kappa shape index (κ1) is 20.7. The second kappa shape index (κ2) is 9.39. The first-order valence-electron chi connectivity index (χ1n) is 9.58. The van der Waals surface area contributed by atoms with Crippen molar-refractivity contribution in [3.63, 3.8) is 0 Å². The maximum atomic E-state index is 12.8. The lowest BCUT2D eigenvalue weighted by Crippen LogP contribution is -2.49. The Bertz CT molecular complexity index is 700. The fourth-order valence-corrected chi connectivity index (χ4v) is 3.34. The van der Waals surface area contributed by atoms with Gasteiger partial charge in [0.25, 0.3) is 5.91 Å². The standard InChI is InChI=1S/C20H30N4O3/c1-5-23(6-2)20(27)24-11-7-8-16(13-24)19(26)22-17-12-15(18(25)21-4)10-9-14(17)3/h9-10,12,16H,5-8,11,13H2,1-4H3,(H,21,25)(H,22,26)/t16-/m1/s1. The summed E-state index contributed by atoms with van der Waals surface area (Å²) in [4.78, 5) is 40.7. The highest BCUT2D eigenvalue weighted by atomic mass is 16.2. The summed E-state index contributed by atoms with van der Waals surface area (Å²) in [5.74, 6) is -0.551. The van der Waals surface area contributed by atoms with Gasteiger partial charge in [0, 0.05) is 44.5 Å². The fourth-order valence-electron chi connectivity index (χ4n) is 3.34. The number of carbonyl (C=O) groups excluding carboxylic acids is 3. The minimum absolute atomic E-state index is 0.00436. The predicted molar refractivity (Wildman–Crippen MR) is 106 cm³/mol. The van der Waals surface area contributed by atoms with Gasteiger partial charge >= 0.3 is 6.03 Å². The zero-order valence-electron chi connectivity index (χ0n) is 16.7. The number of aryl methyl sites for hydroxylation is 1. The molecule has 0 aromatic heterocycles. The number of likely N-dealkylation sites (tertiary alicyclic amines) is 1. The van der Waals surface area contributed by atoms with Crippen LogP contribution in [-0.2, 0) is 4.79 Å². The molecule has 0 bridgehead atoms. The van der Waals surface area contributed by atoms with Crippen molar-refractivity contribution >= 4 is 23.5 Å². The number of anilines is 1. The monoisotopic (exact) mass is 374 g/mol. The van der Waals surface area contributed by atoms with Crippen LogP contribution in [0.5, 0.6) is 0 Å². The third kappa shape index (κ3) is 4.99. The molecule has 2 rings (SSSR count). The van der Waals surface area contributed by atoms with Crippen molar-refractivity contribution in [1.82, 2.24) is 15.1 Å². The molecular weight excluding hydrogens is 344 g/mol. The number of hydrogen-bond acceptors (Lipinski definition) is 3. The van der Waals surface area contributed by atoms with Crippen molar-refractivity contribution in [2.45, 2.75) is 33.6 Å². The molecule has 2 N–H and O–H groups in total. The Morgan fingerprint density at radius 2 is 1.93 bits per heavy atom. The second-order valence-electron chi connectivity index (χ2n) is 6.84. The van der Waals surface area contributed by atoms with Crippen LogP contribution in [0.3, 0.4) is 0 Å². The van der Waals surface area contributed by atoms with Crippen molar-refractivity contribution in [2.24, 2.45) is 5.92 Å². The Balaban J connectivity index is 2.07. The highest BCUT2D eigenvalue weighted by molar-refractivity contribution is 5.98. The molecule has 27 heavy (non-hydrogen) atoms. The lowest BCUT2D eigenvalue weighted by atomic mass is 9.97. The summed E-state index contributed by atoms with van der Waals surface area (Å²) in [6.07, 6.45) is 1.56. The average molecular weight is 374 g/mol. The molecule has 1 aromatic rings. The molecule has 1 aliphatic heterocycles. The van der Waals surface area contributed by atoms with Crippen LogP contribution in [0.2, 0.25) is 0 Å². The van der Waals surface area contributed by atoms with Gasteiger partial charge in [0.2, 0.25) is 5.91 Å². The van der Waals surface area contributed by atoms with Gasteiger partial charge in [0.05, 0.1) is 5.92 Å². The number of nitrogens with zero attached hydrogens (tertiary/aromatic N) is 2. The summed E-state index contributed by atoms with van der Waals surface area (Å²) < 4.78 is 0. The molecule has 0 aliphatic carbocycles. The van der Waals surface area contributed by atoms with Crippen LogP contribution in [0.4, 0.5) is 10.5 Å². The van der Waals surface area contributed by atoms with E-state index in [9.17, 15) is 14.4 Å². The van der Waals surface area contributed by atoms with E-state index in [4.69, 9.17) is 0 Å². The zero-order chi connectivity index (χ0) is 20.0. The smallest absolute Gasteiger partial charge is 0.320 e. The van der Waals surface area contributed by atoms with E-state index in [1.807, 2.05) is 26.8 Å². The van der Waals surface area contributed by atoms with Gasteiger partial charge in [-0.2, -0.15) is 0 Å². The summed E-state index contributed by atoms with van der Waals surface area (Å²) in [7, 11) is 1.57. The van der Waals surface area contributed by atoms with Gasteiger partial charge in [-0.15, -0.1) is 0 Å². The van der Waals surface area contributed by atoms with Crippen molar-refractivity contribution in [2.75, 3.05) is 38.5 Å². The minimum Gasteiger partial charge on any atom is -0.355 e. The quantitative estimate of drug-likeness (QED) is 0.831. The number of nitrogens with one attached hydrogen (secondary N) is 2. The van der Waals surface area contributed by atoms with Crippen molar-refractivity contribution < 1.29 is 14.4 Å². The molecule has 1 aliphatic rings. The largest absolute Gasteiger partial charge is 0.355 e.